The Balaban J connectivity index is 1.65. The fourth-order valence-electron chi connectivity index (χ4n) is 3.48. The van der Waals surface area contributed by atoms with E-state index in [2.05, 4.69) is 32.2 Å². The number of rotatable bonds is 6. The van der Waals surface area contributed by atoms with Crippen molar-refractivity contribution in [1.29, 1.82) is 0 Å². The highest BCUT2D eigenvalue weighted by atomic mass is 35.5. The maximum Gasteiger partial charge on any atom is 0.266 e. The van der Waals surface area contributed by atoms with Crippen molar-refractivity contribution in [3.8, 4) is 0 Å². The molecule has 3 N–H and O–H groups in total. The average Bonchev–Trinajstić information content (AvgIpc) is 3.24. The van der Waals surface area contributed by atoms with E-state index < -0.39 is 20.7 Å². The molecule has 0 bridgehead atoms. The number of hydrogen-bond donors (Lipinski definition) is 3. The highest BCUT2D eigenvalue weighted by Gasteiger charge is 2.24. The molecular formula is C20H20Cl2FN5O2S2. The second-order valence-electron chi connectivity index (χ2n) is 7.27. The van der Waals surface area contributed by atoms with Crippen LogP contribution in [0.5, 0.6) is 0 Å². The van der Waals surface area contributed by atoms with Crippen molar-refractivity contribution in [3.63, 3.8) is 0 Å². The molecule has 4 rings (SSSR count). The van der Waals surface area contributed by atoms with Crippen molar-refractivity contribution in [2.75, 3.05) is 34.6 Å². The Hall–Kier alpha value is -2.11. The van der Waals surface area contributed by atoms with Gasteiger partial charge < -0.3 is 15.5 Å². The largest absolute Gasteiger partial charge is 0.365 e. The summed E-state index contributed by atoms with van der Waals surface area (Å²) in [6.45, 7) is 4.51. The number of nitrogens with one attached hydrogen (secondary N) is 3. The minimum atomic E-state index is -4.19. The van der Waals surface area contributed by atoms with Gasteiger partial charge in [-0.1, -0.05) is 23.2 Å². The number of aromatic nitrogens is 1. The van der Waals surface area contributed by atoms with Gasteiger partial charge in [0.2, 0.25) is 0 Å². The molecule has 1 unspecified atom stereocenters. The van der Waals surface area contributed by atoms with Gasteiger partial charge in [-0.15, -0.1) is 11.3 Å². The number of hydrogen-bond acceptors (Lipinski definition) is 7. The van der Waals surface area contributed by atoms with Crippen LogP contribution in [0.4, 0.5) is 27.3 Å². The van der Waals surface area contributed by atoms with E-state index in [9.17, 15) is 12.8 Å². The summed E-state index contributed by atoms with van der Waals surface area (Å²) >= 11 is 13.8. The van der Waals surface area contributed by atoms with E-state index in [1.165, 1.54) is 22.2 Å². The molecule has 0 radical (unpaired) electrons. The molecule has 2 aromatic carbocycles. The number of benzene rings is 2. The van der Waals surface area contributed by atoms with Crippen LogP contribution in [0.2, 0.25) is 10.0 Å². The van der Waals surface area contributed by atoms with Crippen LogP contribution in [0, 0.1) is 5.82 Å². The zero-order valence-electron chi connectivity index (χ0n) is 16.9. The lowest BCUT2D eigenvalue weighted by molar-refractivity contribution is 0.501. The molecule has 1 saturated heterocycles. The lowest BCUT2D eigenvalue weighted by Gasteiger charge is -2.37. The van der Waals surface area contributed by atoms with Gasteiger partial charge in [0.25, 0.3) is 10.0 Å². The highest BCUT2D eigenvalue weighted by Crippen LogP contribution is 2.37. The summed E-state index contributed by atoms with van der Waals surface area (Å²) in [5.74, 6) is -0.825. The number of piperazine rings is 1. The standard InChI is InChI=1S/C20H20Cl2FN5O2S2/c1-12-9-24-4-5-28(12)18-6-13(21)2-3-16(18)26-17-8-15(23)19(7-14(17)22)32(29,30)27-20-10-31-11-25-20/h2-3,6-8,10-12,24,26-27H,4-5,9H2,1H3. The first-order valence-electron chi connectivity index (χ1n) is 9.68. The second-order valence-corrected chi connectivity index (χ2v) is 10.5. The molecule has 0 saturated carbocycles. The maximum absolute atomic E-state index is 14.9. The SMILES string of the molecule is CC1CNCCN1c1cc(Cl)ccc1Nc1cc(F)c(S(=O)(=O)Nc2cscn2)cc1Cl. The van der Waals surface area contributed by atoms with Crippen LogP contribution in [0.1, 0.15) is 6.92 Å². The van der Waals surface area contributed by atoms with Gasteiger partial charge in [0, 0.05) is 42.1 Å². The van der Waals surface area contributed by atoms with E-state index >= 15 is 0 Å². The Labute approximate surface area is 199 Å². The summed E-state index contributed by atoms with van der Waals surface area (Å²) in [7, 11) is -4.19. The monoisotopic (exact) mass is 515 g/mol. The Morgan fingerprint density at radius 1 is 1.25 bits per heavy atom. The van der Waals surface area contributed by atoms with Gasteiger partial charge in [0.05, 0.1) is 27.6 Å². The number of nitrogens with zero attached hydrogens (tertiary/aromatic N) is 2. The maximum atomic E-state index is 14.9. The topological polar surface area (TPSA) is 86.4 Å². The van der Waals surface area contributed by atoms with Crippen LogP contribution >= 0.6 is 34.5 Å². The van der Waals surface area contributed by atoms with E-state index in [-0.39, 0.29) is 22.6 Å². The molecule has 1 aliphatic rings. The number of thiazole rings is 1. The van der Waals surface area contributed by atoms with Gasteiger partial charge >= 0.3 is 0 Å². The lowest BCUT2D eigenvalue weighted by atomic mass is 10.1. The second kappa shape index (κ2) is 9.40. The van der Waals surface area contributed by atoms with Crippen LogP contribution in [0.25, 0.3) is 0 Å². The molecule has 0 spiro atoms. The van der Waals surface area contributed by atoms with Crippen LogP contribution in [-0.4, -0.2) is 39.1 Å². The predicted octanol–water partition coefficient (Wildman–Crippen LogP) is 4.93. The molecule has 3 aromatic rings. The molecule has 1 aliphatic heterocycles. The number of halogens is 3. The average molecular weight is 516 g/mol. The molecule has 0 amide bonds. The molecule has 1 aromatic heterocycles. The minimum absolute atomic E-state index is 0.0549. The molecule has 7 nitrogen and oxygen atoms in total. The van der Waals surface area contributed by atoms with Crippen molar-refractivity contribution in [2.45, 2.75) is 17.9 Å². The first-order chi connectivity index (χ1) is 15.2. The Kier molecular flexibility index (Phi) is 6.78. The third-order valence-electron chi connectivity index (χ3n) is 5.02. The smallest absolute Gasteiger partial charge is 0.266 e. The first kappa shape index (κ1) is 23.1. The molecule has 12 heteroatoms. The van der Waals surface area contributed by atoms with E-state index in [1.54, 1.807) is 12.1 Å². The van der Waals surface area contributed by atoms with E-state index in [1.807, 2.05) is 6.07 Å². The fourth-order valence-corrected chi connectivity index (χ4v) is 5.56. The fraction of sp³-hybridized carbons (Fsp3) is 0.250. The van der Waals surface area contributed by atoms with E-state index in [4.69, 9.17) is 23.2 Å². The Morgan fingerprint density at radius 3 is 2.78 bits per heavy atom. The molecule has 170 valence electrons. The third kappa shape index (κ3) is 4.94. The van der Waals surface area contributed by atoms with Crippen LogP contribution in [0.15, 0.2) is 46.1 Å². The summed E-state index contributed by atoms with van der Waals surface area (Å²) in [6.07, 6.45) is 0. The third-order valence-corrected chi connectivity index (χ3v) is 7.53. The van der Waals surface area contributed by atoms with Crippen LogP contribution < -0.4 is 20.3 Å². The zero-order chi connectivity index (χ0) is 22.9. The van der Waals surface area contributed by atoms with Crippen LogP contribution in [-0.2, 0) is 10.0 Å². The summed E-state index contributed by atoms with van der Waals surface area (Å²) in [4.78, 5) is 5.50. The highest BCUT2D eigenvalue weighted by molar-refractivity contribution is 7.92. The van der Waals surface area contributed by atoms with Gasteiger partial charge in [-0.25, -0.2) is 17.8 Å². The van der Waals surface area contributed by atoms with Crippen molar-refractivity contribution in [1.82, 2.24) is 10.3 Å². The molecule has 2 heterocycles. The summed E-state index contributed by atoms with van der Waals surface area (Å²) in [5.41, 5.74) is 3.24. The lowest BCUT2D eigenvalue weighted by Crippen LogP contribution is -2.50. The molecule has 1 atom stereocenters. The summed E-state index contributed by atoms with van der Waals surface area (Å²) < 4.78 is 42.3. The van der Waals surface area contributed by atoms with Gasteiger partial charge in [0.1, 0.15) is 10.7 Å². The summed E-state index contributed by atoms with van der Waals surface area (Å²) in [5, 5.41) is 8.60. The molecule has 32 heavy (non-hydrogen) atoms. The summed E-state index contributed by atoms with van der Waals surface area (Å²) in [6, 6.07) is 7.72. The first-order valence-corrected chi connectivity index (χ1v) is 12.9. The Morgan fingerprint density at radius 2 is 2.06 bits per heavy atom. The van der Waals surface area contributed by atoms with Gasteiger partial charge in [0.15, 0.2) is 5.82 Å². The quantitative estimate of drug-likeness (QED) is 0.431. The predicted molar refractivity (Wildman–Crippen MR) is 129 cm³/mol. The number of anilines is 4. The normalized spacial score (nSPS) is 16.8. The van der Waals surface area contributed by atoms with E-state index in [0.29, 0.717) is 10.7 Å². The van der Waals surface area contributed by atoms with Gasteiger partial charge in [-0.05, 0) is 31.2 Å². The Bertz CT molecular complexity index is 1220. The van der Waals surface area contributed by atoms with Crippen molar-refractivity contribution >= 4 is 67.4 Å². The van der Waals surface area contributed by atoms with Crippen molar-refractivity contribution in [3.05, 3.63) is 57.1 Å². The minimum Gasteiger partial charge on any atom is -0.365 e. The van der Waals surface area contributed by atoms with Crippen molar-refractivity contribution < 1.29 is 12.8 Å². The molecular weight excluding hydrogens is 496 g/mol. The molecule has 1 fully saturated rings. The molecule has 0 aliphatic carbocycles. The van der Waals surface area contributed by atoms with Crippen LogP contribution in [0.3, 0.4) is 0 Å². The number of sulfonamides is 1. The van der Waals surface area contributed by atoms with Crippen molar-refractivity contribution in [2.24, 2.45) is 0 Å². The zero-order valence-corrected chi connectivity index (χ0v) is 20.0. The van der Waals surface area contributed by atoms with E-state index in [0.717, 1.165) is 37.5 Å². The van der Waals surface area contributed by atoms with Gasteiger partial charge in [-0.2, -0.15) is 0 Å². The van der Waals surface area contributed by atoms with Gasteiger partial charge in [-0.3, -0.25) is 4.72 Å².